The molecular weight excluding hydrogens is 319 g/mol. The van der Waals surface area contributed by atoms with Crippen LogP contribution in [0.15, 0.2) is 12.1 Å². The van der Waals surface area contributed by atoms with Gasteiger partial charge in [0, 0.05) is 0 Å². The SMILES string of the molecule is CCCCC1CCc2cc(C3CCC4CC(C)CCC4C3)cc(F)c2C1. The zero-order valence-corrected chi connectivity index (χ0v) is 16.9. The van der Waals surface area contributed by atoms with Crippen LogP contribution < -0.4 is 0 Å². The van der Waals surface area contributed by atoms with E-state index in [1.165, 1.54) is 75.3 Å². The first kappa shape index (κ1) is 18.5. The van der Waals surface area contributed by atoms with E-state index in [0.29, 0.717) is 11.8 Å². The van der Waals surface area contributed by atoms with E-state index in [1.807, 2.05) is 6.07 Å². The molecule has 0 saturated heterocycles. The summed E-state index contributed by atoms with van der Waals surface area (Å²) in [4.78, 5) is 0. The largest absolute Gasteiger partial charge is 0.207 e. The van der Waals surface area contributed by atoms with E-state index in [4.69, 9.17) is 0 Å². The second-order valence-electron chi connectivity index (χ2n) is 9.84. The van der Waals surface area contributed by atoms with Gasteiger partial charge in [0.1, 0.15) is 5.82 Å². The Morgan fingerprint density at radius 2 is 1.81 bits per heavy atom. The zero-order chi connectivity index (χ0) is 18.1. The third-order valence-electron chi connectivity index (χ3n) is 7.94. The van der Waals surface area contributed by atoms with Gasteiger partial charge in [-0.15, -0.1) is 0 Å². The highest BCUT2D eigenvalue weighted by Gasteiger charge is 2.35. The highest BCUT2D eigenvalue weighted by Crippen LogP contribution is 2.48. The van der Waals surface area contributed by atoms with Crippen molar-refractivity contribution in [1.82, 2.24) is 0 Å². The first-order chi connectivity index (χ1) is 12.6. The summed E-state index contributed by atoms with van der Waals surface area (Å²) in [5, 5.41) is 0. The Kier molecular flexibility index (Phi) is 5.72. The van der Waals surface area contributed by atoms with Crippen molar-refractivity contribution in [3.63, 3.8) is 0 Å². The fraction of sp³-hybridized carbons (Fsp3) is 0.760. The Hall–Kier alpha value is -0.850. The molecule has 0 aromatic heterocycles. The highest BCUT2D eigenvalue weighted by atomic mass is 19.1. The van der Waals surface area contributed by atoms with E-state index >= 15 is 0 Å². The van der Waals surface area contributed by atoms with Crippen LogP contribution in [-0.2, 0) is 12.8 Å². The molecule has 0 spiro atoms. The second kappa shape index (κ2) is 8.03. The molecule has 0 N–H and O–H groups in total. The van der Waals surface area contributed by atoms with Crippen molar-refractivity contribution in [1.29, 1.82) is 0 Å². The van der Waals surface area contributed by atoms with Gasteiger partial charge in [-0.25, -0.2) is 4.39 Å². The van der Waals surface area contributed by atoms with Crippen LogP contribution in [0.3, 0.4) is 0 Å². The fourth-order valence-electron chi connectivity index (χ4n) is 6.32. The summed E-state index contributed by atoms with van der Waals surface area (Å²) in [6.07, 6.45) is 15.4. The zero-order valence-electron chi connectivity index (χ0n) is 16.9. The maximum atomic E-state index is 15.0. The number of halogens is 1. The molecule has 3 aliphatic rings. The van der Waals surface area contributed by atoms with Crippen molar-refractivity contribution >= 4 is 0 Å². The van der Waals surface area contributed by atoms with Crippen LogP contribution in [0.4, 0.5) is 4.39 Å². The van der Waals surface area contributed by atoms with E-state index < -0.39 is 0 Å². The Labute approximate surface area is 160 Å². The molecule has 1 aromatic rings. The molecule has 3 aliphatic carbocycles. The van der Waals surface area contributed by atoms with Crippen LogP contribution >= 0.6 is 0 Å². The van der Waals surface area contributed by atoms with Gasteiger partial charge in [0.15, 0.2) is 0 Å². The minimum absolute atomic E-state index is 0.109. The minimum atomic E-state index is 0.109. The molecule has 0 aliphatic heterocycles. The predicted molar refractivity (Wildman–Crippen MR) is 108 cm³/mol. The molecule has 2 saturated carbocycles. The van der Waals surface area contributed by atoms with Crippen molar-refractivity contribution in [2.45, 2.75) is 96.8 Å². The summed E-state index contributed by atoms with van der Waals surface area (Å²) >= 11 is 0. The second-order valence-corrected chi connectivity index (χ2v) is 9.84. The molecule has 1 aromatic carbocycles. The van der Waals surface area contributed by atoms with Crippen LogP contribution in [0, 0.1) is 29.5 Å². The normalized spacial score (nSPS) is 34.2. The van der Waals surface area contributed by atoms with Gasteiger partial charge in [0.2, 0.25) is 0 Å². The molecule has 0 radical (unpaired) electrons. The lowest BCUT2D eigenvalue weighted by atomic mass is 9.64. The average Bonchev–Trinajstić information content (AvgIpc) is 2.66. The van der Waals surface area contributed by atoms with Gasteiger partial charge < -0.3 is 0 Å². The number of aryl methyl sites for hydroxylation is 1. The smallest absolute Gasteiger partial charge is 0.126 e. The minimum Gasteiger partial charge on any atom is -0.207 e. The number of fused-ring (bicyclic) bond motifs is 2. The lowest BCUT2D eigenvalue weighted by Gasteiger charge is -2.42. The standard InChI is InChI=1S/C25H37F/c1-3-4-5-18-7-9-22-15-23(16-25(26)24(22)13-18)21-11-10-19-12-17(2)6-8-20(19)14-21/h15-21H,3-14H2,1-2H3. The van der Waals surface area contributed by atoms with Gasteiger partial charge in [-0.3, -0.25) is 0 Å². The number of hydrogen-bond donors (Lipinski definition) is 0. The fourth-order valence-corrected chi connectivity index (χ4v) is 6.32. The van der Waals surface area contributed by atoms with Crippen LogP contribution in [0.2, 0.25) is 0 Å². The van der Waals surface area contributed by atoms with E-state index in [2.05, 4.69) is 19.9 Å². The van der Waals surface area contributed by atoms with Crippen molar-refractivity contribution in [2.75, 3.05) is 0 Å². The van der Waals surface area contributed by atoms with Gasteiger partial charge in [-0.1, -0.05) is 45.6 Å². The number of unbranched alkanes of at least 4 members (excludes halogenated alkanes) is 1. The molecule has 2 fully saturated rings. The number of rotatable bonds is 4. The van der Waals surface area contributed by atoms with E-state index in [1.54, 1.807) is 0 Å². The molecule has 4 rings (SSSR count). The summed E-state index contributed by atoms with van der Waals surface area (Å²) < 4.78 is 15.0. The molecule has 5 atom stereocenters. The van der Waals surface area contributed by atoms with Crippen LogP contribution in [0.5, 0.6) is 0 Å². The monoisotopic (exact) mass is 356 g/mol. The first-order valence-corrected chi connectivity index (χ1v) is 11.4. The topological polar surface area (TPSA) is 0 Å². The van der Waals surface area contributed by atoms with E-state index in [9.17, 15) is 4.39 Å². The summed E-state index contributed by atoms with van der Waals surface area (Å²) in [5.74, 6) is 4.22. The van der Waals surface area contributed by atoms with Gasteiger partial charge >= 0.3 is 0 Å². The van der Waals surface area contributed by atoms with E-state index in [0.717, 1.165) is 36.2 Å². The van der Waals surface area contributed by atoms with Gasteiger partial charge in [-0.05, 0) is 104 Å². The third-order valence-corrected chi connectivity index (χ3v) is 7.94. The summed E-state index contributed by atoms with van der Waals surface area (Å²) in [6, 6.07) is 4.34. The van der Waals surface area contributed by atoms with Gasteiger partial charge in [0.25, 0.3) is 0 Å². The molecule has 0 nitrogen and oxygen atoms in total. The van der Waals surface area contributed by atoms with Crippen molar-refractivity contribution < 1.29 is 4.39 Å². The molecule has 0 heterocycles. The first-order valence-electron chi connectivity index (χ1n) is 11.4. The Morgan fingerprint density at radius 3 is 2.65 bits per heavy atom. The number of hydrogen-bond acceptors (Lipinski definition) is 0. The molecule has 26 heavy (non-hydrogen) atoms. The maximum Gasteiger partial charge on any atom is 0.126 e. The maximum absolute atomic E-state index is 15.0. The summed E-state index contributed by atoms with van der Waals surface area (Å²) in [7, 11) is 0. The van der Waals surface area contributed by atoms with Gasteiger partial charge in [-0.2, -0.15) is 0 Å². The summed E-state index contributed by atoms with van der Waals surface area (Å²) in [6.45, 7) is 4.68. The molecule has 1 heteroatoms. The highest BCUT2D eigenvalue weighted by molar-refractivity contribution is 5.37. The molecule has 0 amide bonds. The van der Waals surface area contributed by atoms with Crippen molar-refractivity contribution in [3.8, 4) is 0 Å². The Morgan fingerprint density at radius 1 is 1.00 bits per heavy atom. The van der Waals surface area contributed by atoms with E-state index in [-0.39, 0.29) is 5.82 Å². The lowest BCUT2D eigenvalue weighted by molar-refractivity contribution is 0.124. The molecular formula is C25H37F. The molecule has 0 bridgehead atoms. The number of benzene rings is 1. The van der Waals surface area contributed by atoms with Crippen LogP contribution in [-0.4, -0.2) is 0 Å². The van der Waals surface area contributed by atoms with Crippen LogP contribution in [0.1, 0.15) is 101 Å². The Bertz CT molecular complexity index is 619. The van der Waals surface area contributed by atoms with Gasteiger partial charge in [0.05, 0.1) is 0 Å². The van der Waals surface area contributed by atoms with Crippen molar-refractivity contribution in [2.24, 2.45) is 23.7 Å². The lowest BCUT2D eigenvalue weighted by Crippen LogP contribution is -2.29. The summed E-state index contributed by atoms with van der Waals surface area (Å²) in [5.41, 5.74) is 3.72. The van der Waals surface area contributed by atoms with Crippen molar-refractivity contribution in [3.05, 3.63) is 34.6 Å². The molecule has 144 valence electrons. The average molecular weight is 357 g/mol. The van der Waals surface area contributed by atoms with Crippen LogP contribution in [0.25, 0.3) is 0 Å². The Balaban J connectivity index is 1.46. The molecule has 5 unspecified atom stereocenters. The predicted octanol–water partition coefficient (Wildman–Crippen LogP) is 7.44. The quantitative estimate of drug-likeness (QED) is 0.526. The third kappa shape index (κ3) is 3.87.